The van der Waals surface area contributed by atoms with Crippen LogP contribution in [0.15, 0.2) is 72.8 Å². The topological polar surface area (TPSA) is 41.4 Å². The van der Waals surface area contributed by atoms with E-state index in [4.69, 9.17) is 4.98 Å². The number of amides is 1. The highest BCUT2D eigenvalue weighted by Crippen LogP contribution is 2.35. The molecule has 35 heavy (non-hydrogen) atoms. The average Bonchev–Trinajstić information content (AvgIpc) is 3.40. The number of imidazole rings is 1. The summed E-state index contributed by atoms with van der Waals surface area (Å²) in [5.41, 5.74) is 6.73. The van der Waals surface area contributed by atoms with Crippen LogP contribution >= 0.6 is 0 Å². The molecule has 1 saturated heterocycles. The third kappa shape index (κ3) is 4.55. The van der Waals surface area contributed by atoms with Gasteiger partial charge < -0.3 is 14.4 Å². The molecule has 1 fully saturated rings. The molecule has 5 rings (SSSR count). The first kappa shape index (κ1) is 23.2. The number of anilines is 2. The molecule has 0 unspecified atom stereocenters. The number of hydrogen-bond acceptors (Lipinski definition) is 3. The van der Waals surface area contributed by atoms with E-state index in [1.165, 1.54) is 11.3 Å². The van der Waals surface area contributed by atoms with Crippen molar-refractivity contribution in [2.45, 2.75) is 52.6 Å². The molecule has 5 heteroatoms. The molecule has 0 N–H and O–H groups in total. The predicted octanol–water partition coefficient (Wildman–Crippen LogP) is 6.09. The summed E-state index contributed by atoms with van der Waals surface area (Å²) in [6.45, 7) is 11.0. The monoisotopic (exact) mass is 466 g/mol. The first-order chi connectivity index (χ1) is 16.9. The van der Waals surface area contributed by atoms with E-state index in [-0.39, 0.29) is 11.8 Å². The van der Waals surface area contributed by atoms with E-state index in [0.717, 1.165) is 41.2 Å². The third-order valence-corrected chi connectivity index (χ3v) is 7.09. The molecule has 5 nitrogen and oxygen atoms in total. The summed E-state index contributed by atoms with van der Waals surface area (Å²) >= 11 is 0. The highest BCUT2D eigenvalue weighted by atomic mass is 16.2. The number of fused-ring (bicyclic) bond motifs is 1. The van der Waals surface area contributed by atoms with Crippen LogP contribution in [0.2, 0.25) is 0 Å². The lowest BCUT2D eigenvalue weighted by molar-refractivity contribution is -0.117. The molecule has 1 atom stereocenters. The molecular weight excluding hydrogens is 432 g/mol. The van der Waals surface area contributed by atoms with Gasteiger partial charge in [-0.15, -0.1) is 0 Å². The number of para-hydroxylation sites is 3. The molecule has 1 aliphatic rings. The highest BCUT2D eigenvalue weighted by Gasteiger charge is 2.35. The van der Waals surface area contributed by atoms with Crippen molar-refractivity contribution >= 4 is 28.3 Å². The number of carbonyl (C=O) groups is 1. The number of aromatic nitrogens is 2. The van der Waals surface area contributed by atoms with Crippen molar-refractivity contribution in [2.24, 2.45) is 0 Å². The van der Waals surface area contributed by atoms with Gasteiger partial charge in [0.15, 0.2) is 0 Å². The largest absolute Gasteiger partial charge is 0.367 e. The fourth-order valence-corrected chi connectivity index (χ4v) is 5.38. The Morgan fingerprint density at radius 3 is 2.49 bits per heavy atom. The second-order valence-electron chi connectivity index (χ2n) is 9.93. The molecule has 0 spiro atoms. The number of benzene rings is 3. The Morgan fingerprint density at radius 2 is 1.74 bits per heavy atom. The van der Waals surface area contributed by atoms with Crippen LogP contribution in [0, 0.1) is 13.8 Å². The molecule has 180 valence electrons. The maximum atomic E-state index is 13.1. The van der Waals surface area contributed by atoms with Crippen LogP contribution in [0.3, 0.4) is 0 Å². The van der Waals surface area contributed by atoms with E-state index in [1.807, 2.05) is 11.0 Å². The van der Waals surface area contributed by atoms with Crippen LogP contribution in [0.25, 0.3) is 11.0 Å². The van der Waals surface area contributed by atoms with Gasteiger partial charge in [0.1, 0.15) is 5.82 Å². The number of hydrogen-bond donors (Lipinski definition) is 0. The van der Waals surface area contributed by atoms with Crippen LogP contribution < -0.4 is 9.80 Å². The number of rotatable bonds is 7. The maximum absolute atomic E-state index is 13.1. The van der Waals surface area contributed by atoms with Crippen molar-refractivity contribution in [1.29, 1.82) is 0 Å². The Labute approximate surface area is 208 Å². The van der Waals surface area contributed by atoms with Crippen molar-refractivity contribution in [1.82, 2.24) is 9.55 Å². The number of nitrogens with zero attached hydrogens (tertiary/aromatic N) is 4. The van der Waals surface area contributed by atoms with Gasteiger partial charge in [-0.25, -0.2) is 4.98 Å². The lowest BCUT2D eigenvalue weighted by atomic mass is 10.1. The van der Waals surface area contributed by atoms with Gasteiger partial charge in [0, 0.05) is 49.4 Å². The minimum atomic E-state index is 0.0693. The molecule has 1 amide bonds. The summed E-state index contributed by atoms with van der Waals surface area (Å²) < 4.78 is 2.34. The lowest BCUT2D eigenvalue weighted by Gasteiger charge is -2.30. The first-order valence-corrected chi connectivity index (χ1v) is 12.6. The summed E-state index contributed by atoms with van der Waals surface area (Å²) in [5.74, 6) is 1.26. The normalized spacial score (nSPS) is 16.0. The Balaban J connectivity index is 1.46. The smallest absolute Gasteiger partial charge is 0.227 e. The van der Waals surface area contributed by atoms with Gasteiger partial charge in [0.25, 0.3) is 0 Å². The van der Waals surface area contributed by atoms with Crippen LogP contribution in [0.5, 0.6) is 0 Å². The van der Waals surface area contributed by atoms with E-state index in [0.29, 0.717) is 19.0 Å². The summed E-state index contributed by atoms with van der Waals surface area (Å²) in [6, 6.07) is 25.6. The maximum Gasteiger partial charge on any atom is 0.227 e. The van der Waals surface area contributed by atoms with Gasteiger partial charge in [0.05, 0.1) is 11.0 Å². The Bertz CT molecular complexity index is 1340. The van der Waals surface area contributed by atoms with Gasteiger partial charge in [-0.2, -0.15) is 0 Å². The number of aryl methyl sites for hydroxylation is 2. The van der Waals surface area contributed by atoms with Crippen LogP contribution in [-0.4, -0.2) is 34.6 Å². The Hall–Kier alpha value is -3.60. The van der Waals surface area contributed by atoms with Crippen LogP contribution in [-0.2, 0) is 11.3 Å². The predicted molar refractivity (Wildman–Crippen MR) is 144 cm³/mol. The Kier molecular flexibility index (Phi) is 6.33. The Morgan fingerprint density at radius 1 is 1.00 bits per heavy atom. The zero-order valence-electron chi connectivity index (χ0n) is 21.1. The minimum absolute atomic E-state index is 0.0693. The number of carbonyl (C=O) groups excluding carboxylic acids is 1. The molecule has 4 aromatic rings. The van der Waals surface area contributed by atoms with Gasteiger partial charge >= 0.3 is 0 Å². The van der Waals surface area contributed by atoms with E-state index in [9.17, 15) is 4.79 Å². The van der Waals surface area contributed by atoms with E-state index < -0.39 is 0 Å². The van der Waals surface area contributed by atoms with Crippen LogP contribution in [0.1, 0.15) is 43.1 Å². The van der Waals surface area contributed by atoms with Crippen molar-refractivity contribution in [3.8, 4) is 0 Å². The van der Waals surface area contributed by atoms with Crippen molar-refractivity contribution in [3.05, 3.63) is 89.7 Å². The second-order valence-corrected chi connectivity index (χ2v) is 9.93. The van der Waals surface area contributed by atoms with Crippen molar-refractivity contribution in [3.63, 3.8) is 0 Å². The van der Waals surface area contributed by atoms with E-state index in [2.05, 4.69) is 104 Å². The highest BCUT2D eigenvalue weighted by molar-refractivity contribution is 5.97. The van der Waals surface area contributed by atoms with Gasteiger partial charge in [-0.1, -0.05) is 48.0 Å². The summed E-state index contributed by atoms with van der Waals surface area (Å²) in [4.78, 5) is 22.6. The van der Waals surface area contributed by atoms with Gasteiger partial charge in [-0.3, -0.25) is 4.79 Å². The van der Waals surface area contributed by atoms with Gasteiger partial charge in [-0.05, 0) is 63.6 Å². The lowest BCUT2D eigenvalue weighted by Crippen LogP contribution is -2.34. The minimum Gasteiger partial charge on any atom is -0.367 e. The molecule has 0 bridgehead atoms. The molecule has 0 aliphatic carbocycles. The van der Waals surface area contributed by atoms with Crippen LogP contribution in [0.4, 0.5) is 11.4 Å². The standard InChI is InChI=1S/C30H34N4O/c1-21(2)32(25-10-6-5-7-11-25)16-17-33-28-13-9-8-12-26(28)31-30(33)24-19-29(35)34(20-24)27-15-14-22(3)18-23(27)4/h5-15,18,21,24H,16-17,19-20H2,1-4H3/t24-/m1/s1. The first-order valence-electron chi connectivity index (χ1n) is 12.6. The quantitative estimate of drug-likeness (QED) is 0.331. The summed E-state index contributed by atoms with van der Waals surface area (Å²) in [7, 11) is 0. The SMILES string of the molecule is Cc1ccc(N2C[C@H](c3nc4ccccc4n3CCN(c3ccccc3)C(C)C)CC2=O)c(C)c1. The second kappa shape index (κ2) is 9.57. The third-order valence-electron chi connectivity index (χ3n) is 7.09. The molecule has 2 heterocycles. The fraction of sp³-hybridized carbons (Fsp3) is 0.333. The molecular formula is C30H34N4O. The van der Waals surface area contributed by atoms with E-state index >= 15 is 0 Å². The molecule has 3 aromatic carbocycles. The zero-order valence-corrected chi connectivity index (χ0v) is 21.1. The fourth-order valence-electron chi connectivity index (χ4n) is 5.38. The average molecular weight is 467 g/mol. The molecule has 0 radical (unpaired) electrons. The van der Waals surface area contributed by atoms with Crippen molar-refractivity contribution in [2.75, 3.05) is 22.9 Å². The summed E-state index contributed by atoms with van der Waals surface area (Å²) in [6.07, 6.45) is 0.489. The summed E-state index contributed by atoms with van der Waals surface area (Å²) in [5, 5.41) is 0. The molecule has 1 aromatic heterocycles. The van der Waals surface area contributed by atoms with Crippen molar-refractivity contribution < 1.29 is 4.79 Å². The molecule has 0 saturated carbocycles. The van der Waals surface area contributed by atoms with Gasteiger partial charge in [0.2, 0.25) is 5.91 Å². The zero-order chi connectivity index (χ0) is 24.5. The van der Waals surface area contributed by atoms with E-state index in [1.54, 1.807) is 0 Å². The molecule has 1 aliphatic heterocycles.